The van der Waals surface area contributed by atoms with Crippen LogP contribution in [0.1, 0.15) is 111 Å². The Labute approximate surface area is 436 Å². The number of aliphatic hydroxyl groups is 5. The van der Waals surface area contributed by atoms with E-state index in [1.165, 1.54) is 27.0 Å². The van der Waals surface area contributed by atoms with E-state index in [1.54, 1.807) is 47.6 Å². The largest absolute Gasteiger partial charge is 0.505 e. The van der Waals surface area contributed by atoms with Gasteiger partial charge in [-0.05, 0) is 84.1 Å². The number of carbonyl (C=O) groups excluding carboxylic acids is 3. The number of phenols is 2. The summed E-state index contributed by atoms with van der Waals surface area (Å²) in [5.41, 5.74) is 0.297. The van der Waals surface area contributed by atoms with E-state index >= 15 is 0 Å². The van der Waals surface area contributed by atoms with Gasteiger partial charge in [0.2, 0.25) is 0 Å². The minimum absolute atomic E-state index is 0.0360. The maximum atomic E-state index is 14.1. The van der Waals surface area contributed by atoms with E-state index in [0.29, 0.717) is 23.1 Å². The predicted molar refractivity (Wildman–Crippen MR) is 265 cm³/mol. The van der Waals surface area contributed by atoms with Crippen molar-refractivity contribution in [3.8, 4) is 11.5 Å². The Morgan fingerprint density at radius 3 is 2.16 bits per heavy atom. The monoisotopic (exact) mass is 1070 g/mol. The van der Waals surface area contributed by atoms with Gasteiger partial charge in [-0.15, -0.1) is 0 Å². The second-order valence-electron chi connectivity index (χ2n) is 20.1. The Morgan fingerprint density at radius 1 is 0.890 bits per heavy atom. The van der Waals surface area contributed by atoms with Crippen LogP contribution in [0, 0.1) is 11.8 Å². The fraction of sp³-hybridized carbons (Fsp3) is 0.673. The SMILES string of the molecule is CCc1c(Cl)c(O)c(Cl)c(O)c1C(=O)O[C@H]1[C@H](O)[C@H](OC)[C@H](OC/C2=C\C3OC3C[C@H](O)/C(C)=C/[C@H](CC)[C@@H](O[C@@H]3OC(C)(C)[C@@H](OC(=O)C(C)C)[C@H](O)[C@@H]3O)/C(C)=C/C(C)=C/C[C@@H]([C@@H](C)O)OC2=O)O[C@@H]1C. The molecule has 0 aromatic heterocycles. The molecule has 19 nitrogen and oxygen atoms in total. The van der Waals surface area contributed by atoms with Crippen LogP contribution in [0.5, 0.6) is 11.5 Å². The zero-order valence-corrected chi connectivity index (χ0v) is 45.0. The number of halogens is 2. The molecule has 5 rings (SSSR count). The number of cyclic esters (lactones) is 1. The lowest BCUT2D eigenvalue weighted by molar-refractivity contribution is -0.333. The van der Waals surface area contributed by atoms with E-state index in [-0.39, 0.29) is 35.4 Å². The molecule has 16 atom stereocenters. The van der Waals surface area contributed by atoms with E-state index < -0.39 is 156 Å². The Bertz CT molecular complexity index is 2260. The van der Waals surface area contributed by atoms with Crippen LogP contribution in [0.4, 0.5) is 0 Å². The molecule has 3 fully saturated rings. The predicted octanol–water partition coefficient (Wildman–Crippen LogP) is 5.45. The van der Waals surface area contributed by atoms with Gasteiger partial charge in [0, 0.05) is 25.9 Å². The molecule has 4 aliphatic rings. The first-order valence-corrected chi connectivity index (χ1v) is 25.4. The van der Waals surface area contributed by atoms with Crippen molar-refractivity contribution >= 4 is 41.1 Å². The van der Waals surface area contributed by atoms with Gasteiger partial charge in [0.05, 0.1) is 53.6 Å². The first-order valence-electron chi connectivity index (χ1n) is 24.6. The number of benzene rings is 1. The van der Waals surface area contributed by atoms with Gasteiger partial charge in [-0.1, -0.05) is 74.7 Å². The van der Waals surface area contributed by atoms with Gasteiger partial charge in [0.1, 0.15) is 52.8 Å². The fourth-order valence-corrected chi connectivity index (χ4v) is 9.68. The Balaban J connectivity index is 1.38. The minimum atomic E-state index is -1.61. The summed E-state index contributed by atoms with van der Waals surface area (Å²) in [6, 6.07) is 0. The van der Waals surface area contributed by atoms with Crippen molar-refractivity contribution < 1.29 is 92.8 Å². The summed E-state index contributed by atoms with van der Waals surface area (Å²) < 4.78 is 53.6. The van der Waals surface area contributed by atoms with Crippen molar-refractivity contribution in [2.24, 2.45) is 11.8 Å². The third-order valence-corrected chi connectivity index (χ3v) is 14.4. The summed E-state index contributed by atoms with van der Waals surface area (Å²) >= 11 is 12.3. The molecule has 3 saturated heterocycles. The van der Waals surface area contributed by atoms with E-state index in [9.17, 15) is 50.1 Å². The second kappa shape index (κ2) is 25.4. The molecule has 4 heterocycles. The average Bonchev–Trinajstić information content (AvgIpc) is 4.07. The number of rotatable bonds is 13. The number of esters is 3. The summed E-state index contributed by atoms with van der Waals surface area (Å²) in [7, 11) is 1.26. The molecule has 0 spiro atoms. The first kappa shape index (κ1) is 60.2. The quantitative estimate of drug-likeness (QED) is 0.0560. The summed E-state index contributed by atoms with van der Waals surface area (Å²) in [6.45, 7) is 18.0. The van der Waals surface area contributed by atoms with Crippen LogP contribution >= 0.6 is 23.2 Å². The third kappa shape index (κ3) is 14.2. The molecule has 0 saturated carbocycles. The van der Waals surface area contributed by atoms with E-state index in [2.05, 4.69) is 0 Å². The molecule has 7 N–H and O–H groups in total. The van der Waals surface area contributed by atoms with Gasteiger partial charge in [-0.25, -0.2) is 9.59 Å². The summed E-state index contributed by atoms with van der Waals surface area (Å²) in [5.74, 6) is -4.81. The molecule has 0 radical (unpaired) electrons. The van der Waals surface area contributed by atoms with Crippen molar-refractivity contribution in [2.75, 3.05) is 13.7 Å². The van der Waals surface area contributed by atoms with Crippen molar-refractivity contribution in [1.82, 2.24) is 0 Å². The maximum absolute atomic E-state index is 14.1. The number of aromatic hydroxyl groups is 2. The zero-order valence-electron chi connectivity index (χ0n) is 43.4. The lowest BCUT2D eigenvalue weighted by Gasteiger charge is -2.47. The van der Waals surface area contributed by atoms with Gasteiger partial charge in [0.15, 0.2) is 36.3 Å². The number of carbonyl (C=O) groups is 3. The Morgan fingerprint density at radius 2 is 1.56 bits per heavy atom. The zero-order chi connectivity index (χ0) is 54.5. The van der Waals surface area contributed by atoms with Crippen LogP contribution in [0.25, 0.3) is 0 Å². The molecular weight excluding hydrogens is 999 g/mol. The number of ether oxygens (including phenoxy) is 9. The molecule has 1 aromatic rings. The minimum Gasteiger partial charge on any atom is -0.505 e. The topological polar surface area (TPSA) is 279 Å². The van der Waals surface area contributed by atoms with Crippen LogP contribution in [0.15, 0.2) is 46.6 Å². The molecule has 0 amide bonds. The highest BCUT2D eigenvalue weighted by Gasteiger charge is 2.53. The van der Waals surface area contributed by atoms with Gasteiger partial charge in [0.25, 0.3) is 0 Å². The lowest BCUT2D eigenvalue weighted by Crippen LogP contribution is -2.64. The highest BCUT2D eigenvalue weighted by Crippen LogP contribution is 2.45. The van der Waals surface area contributed by atoms with Crippen molar-refractivity contribution in [3.63, 3.8) is 0 Å². The molecule has 2 unspecified atom stereocenters. The number of epoxide rings is 1. The van der Waals surface area contributed by atoms with Gasteiger partial charge in [-0.2, -0.15) is 0 Å². The molecule has 4 aliphatic heterocycles. The summed E-state index contributed by atoms with van der Waals surface area (Å²) in [4.78, 5) is 40.2. The normalized spacial score (nSPS) is 36.8. The Hall–Kier alpha value is -3.67. The van der Waals surface area contributed by atoms with Crippen LogP contribution in [0.2, 0.25) is 10.0 Å². The molecule has 21 heteroatoms. The van der Waals surface area contributed by atoms with Crippen molar-refractivity contribution in [3.05, 3.63) is 67.8 Å². The number of hydrogen-bond acceptors (Lipinski definition) is 19. The fourth-order valence-electron chi connectivity index (χ4n) is 9.12. The highest BCUT2D eigenvalue weighted by molar-refractivity contribution is 6.39. The highest BCUT2D eigenvalue weighted by atomic mass is 35.5. The van der Waals surface area contributed by atoms with E-state index in [0.717, 1.165) is 0 Å². The number of aliphatic hydroxyl groups excluding tert-OH is 5. The smallest absolute Gasteiger partial charge is 0.342 e. The molecule has 0 aliphatic carbocycles. The Kier molecular flexibility index (Phi) is 21.0. The van der Waals surface area contributed by atoms with Gasteiger partial charge >= 0.3 is 17.9 Å². The van der Waals surface area contributed by atoms with Gasteiger partial charge < -0.3 is 78.4 Å². The second-order valence-corrected chi connectivity index (χ2v) is 20.8. The van der Waals surface area contributed by atoms with Crippen molar-refractivity contribution in [1.29, 1.82) is 0 Å². The van der Waals surface area contributed by atoms with E-state index in [1.807, 2.05) is 32.9 Å². The summed E-state index contributed by atoms with van der Waals surface area (Å²) in [6.07, 6.45) is -9.89. The molecule has 410 valence electrons. The molecule has 73 heavy (non-hydrogen) atoms. The lowest BCUT2D eigenvalue weighted by atomic mass is 9.88. The average molecular weight is 1070 g/mol. The number of methoxy groups -OCH3 is 1. The number of hydrogen-bond donors (Lipinski definition) is 7. The number of fused-ring (bicyclic) bond motifs is 1. The van der Waals surface area contributed by atoms with Crippen LogP contribution < -0.4 is 0 Å². The van der Waals surface area contributed by atoms with Crippen LogP contribution in [0.3, 0.4) is 0 Å². The molecule has 0 bridgehead atoms. The first-order chi connectivity index (χ1) is 34.2. The standard InChI is InChI=1S/C52H74Cl2O19/c1-13-28-18-24(6)31(56)20-34-33(68-34)19-29(21-66-51-45(65-12)42(61)44(27(9)67-51)70-49(64)35-30(14-2)36(53)39(58)37(54)38(35)57)48(63)69-32(26(8)55)16-15-23(5)17-25(7)43(28)71-50-41(60)40(59)46(52(10,11)73-50)72-47(62)22(3)4/h15,17-19,22,26-28,31-34,40-46,50-51,55-61H,13-14,16,20-21H2,1-12H3/b23-15+,24-18+,25-17+,29-19+/t26-,27-,28+,31+,32+,33?,34?,40-,41+,42+,43+,44-,45+,46+,50-,51-/m1/s1. The van der Waals surface area contributed by atoms with Crippen molar-refractivity contribution in [2.45, 2.75) is 199 Å². The number of allylic oxidation sites excluding steroid dienone is 2. The van der Waals surface area contributed by atoms with Crippen LogP contribution in [-0.4, -0.2) is 165 Å². The summed E-state index contributed by atoms with van der Waals surface area (Å²) in [5, 5.41) is 76.8. The third-order valence-electron chi connectivity index (χ3n) is 13.6. The molecular formula is C52H74Cl2O19. The van der Waals surface area contributed by atoms with Gasteiger partial charge in [-0.3, -0.25) is 4.79 Å². The number of phenolic OH excluding ortho intramolecular Hbond substituents is 2. The maximum Gasteiger partial charge on any atom is 0.342 e. The van der Waals surface area contributed by atoms with E-state index in [4.69, 9.17) is 65.8 Å². The van der Waals surface area contributed by atoms with Crippen LogP contribution in [-0.2, 0) is 58.6 Å². The molecule has 1 aromatic carbocycles.